The molecule has 6 nitrogen and oxygen atoms in total. The molecule has 0 aliphatic heterocycles. The van der Waals surface area contributed by atoms with Gasteiger partial charge in [0.25, 0.3) is 0 Å². The Morgan fingerprint density at radius 2 is 1.83 bits per heavy atom. The van der Waals surface area contributed by atoms with E-state index in [4.69, 9.17) is 0 Å². The van der Waals surface area contributed by atoms with Crippen LogP contribution in [0, 0.1) is 0 Å². The number of phenols is 1. The maximum Gasteiger partial charge on any atom is 0.132 e. The van der Waals surface area contributed by atoms with Crippen LogP contribution in [-0.2, 0) is 13.6 Å². The molecule has 3 aromatic heterocycles. The fourth-order valence-corrected chi connectivity index (χ4v) is 3.68. The Hall–Kier alpha value is -4.06. The minimum Gasteiger partial charge on any atom is -0.508 e. The van der Waals surface area contributed by atoms with Gasteiger partial charge in [0.2, 0.25) is 0 Å². The number of anilines is 2. The number of nitrogens with zero attached hydrogens (tertiary/aromatic N) is 4. The van der Waals surface area contributed by atoms with Crippen LogP contribution in [0.4, 0.5) is 11.5 Å². The lowest BCUT2D eigenvalue weighted by Crippen LogP contribution is -2.02. The molecule has 3 heterocycles. The third-order valence-electron chi connectivity index (χ3n) is 5.09. The third-order valence-corrected chi connectivity index (χ3v) is 5.09. The Bertz CT molecular complexity index is 1320. The fourth-order valence-electron chi connectivity index (χ4n) is 3.68. The van der Waals surface area contributed by atoms with Crippen molar-refractivity contribution in [1.29, 1.82) is 0 Å². The first-order valence-corrected chi connectivity index (χ1v) is 9.74. The molecule has 6 heteroatoms. The van der Waals surface area contributed by atoms with Gasteiger partial charge in [0.05, 0.1) is 17.4 Å². The number of hydrogen-bond donors (Lipinski definition) is 2. The monoisotopic (exact) mass is 395 g/mol. The number of nitrogens with one attached hydrogen (secondary N) is 1. The van der Waals surface area contributed by atoms with E-state index in [0.717, 1.165) is 40.2 Å². The van der Waals surface area contributed by atoms with Gasteiger partial charge in [-0.3, -0.25) is 4.68 Å². The van der Waals surface area contributed by atoms with E-state index in [-0.39, 0.29) is 5.75 Å². The maximum absolute atomic E-state index is 9.73. The van der Waals surface area contributed by atoms with E-state index in [1.54, 1.807) is 18.2 Å². The zero-order valence-corrected chi connectivity index (χ0v) is 16.5. The molecule has 0 saturated carbocycles. The highest BCUT2D eigenvalue weighted by atomic mass is 16.3. The fraction of sp³-hybridized carbons (Fsp3) is 0.0833. The zero-order valence-electron chi connectivity index (χ0n) is 16.5. The molecular formula is C24H21N5O. The number of aromatic hydroxyl groups is 1. The molecule has 0 radical (unpaired) electrons. The molecule has 30 heavy (non-hydrogen) atoms. The van der Waals surface area contributed by atoms with E-state index in [9.17, 15) is 5.11 Å². The van der Waals surface area contributed by atoms with E-state index < -0.39 is 0 Å². The van der Waals surface area contributed by atoms with E-state index >= 15 is 0 Å². The summed E-state index contributed by atoms with van der Waals surface area (Å²) in [6.07, 6.45) is 5.78. The van der Waals surface area contributed by atoms with Crippen molar-refractivity contribution < 1.29 is 5.11 Å². The summed E-state index contributed by atoms with van der Waals surface area (Å²) in [5, 5.41) is 18.4. The highest BCUT2D eigenvalue weighted by Crippen LogP contribution is 2.30. The molecule has 0 aliphatic carbocycles. The largest absolute Gasteiger partial charge is 0.508 e. The van der Waals surface area contributed by atoms with Crippen molar-refractivity contribution in [3.63, 3.8) is 0 Å². The predicted molar refractivity (Wildman–Crippen MR) is 119 cm³/mol. The molecular weight excluding hydrogens is 374 g/mol. The van der Waals surface area contributed by atoms with Crippen molar-refractivity contribution in [2.75, 3.05) is 5.32 Å². The van der Waals surface area contributed by atoms with Crippen LogP contribution in [0.3, 0.4) is 0 Å². The molecule has 0 spiro atoms. The first-order valence-electron chi connectivity index (χ1n) is 9.74. The Morgan fingerprint density at radius 3 is 2.60 bits per heavy atom. The van der Waals surface area contributed by atoms with Gasteiger partial charge >= 0.3 is 0 Å². The van der Waals surface area contributed by atoms with E-state index in [1.165, 1.54) is 5.56 Å². The first-order chi connectivity index (χ1) is 14.7. The molecule has 5 aromatic rings. The smallest absolute Gasteiger partial charge is 0.132 e. The number of aromatic nitrogens is 4. The van der Waals surface area contributed by atoms with Crippen LogP contribution in [0.5, 0.6) is 5.75 Å². The van der Waals surface area contributed by atoms with Gasteiger partial charge in [-0.25, -0.2) is 4.98 Å². The summed E-state index contributed by atoms with van der Waals surface area (Å²) in [7, 11) is 1.92. The topological polar surface area (TPSA) is 67.9 Å². The van der Waals surface area contributed by atoms with Gasteiger partial charge in [-0.1, -0.05) is 36.4 Å². The summed E-state index contributed by atoms with van der Waals surface area (Å²) in [4.78, 5) is 4.57. The molecule has 0 aliphatic rings. The van der Waals surface area contributed by atoms with Crippen molar-refractivity contribution >= 4 is 22.4 Å². The van der Waals surface area contributed by atoms with Crippen LogP contribution in [0.15, 0.2) is 85.3 Å². The molecule has 0 unspecified atom stereocenters. The second-order valence-corrected chi connectivity index (χ2v) is 7.31. The summed E-state index contributed by atoms with van der Waals surface area (Å²) in [5.74, 6) is 0.936. The Kier molecular flexibility index (Phi) is 4.44. The normalized spacial score (nSPS) is 11.1. The minimum atomic E-state index is 0.215. The number of fused-ring (bicyclic) bond motifs is 1. The summed E-state index contributed by atoms with van der Waals surface area (Å²) in [6, 6.07) is 21.6. The lowest BCUT2D eigenvalue weighted by molar-refractivity contribution is 0.475. The number of hydrogen-bond acceptors (Lipinski definition) is 4. The van der Waals surface area contributed by atoms with Gasteiger partial charge < -0.3 is 15.0 Å². The van der Waals surface area contributed by atoms with Crippen molar-refractivity contribution in [2.24, 2.45) is 7.05 Å². The van der Waals surface area contributed by atoms with Crippen LogP contribution >= 0.6 is 0 Å². The zero-order chi connectivity index (χ0) is 20.5. The summed E-state index contributed by atoms with van der Waals surface area (Å²) in [6.45, 7) is 0.740. The minimum absolute atomic E-state index is 0.215. The maximum atomic E-state index is 9.73. The molecule has 0 amide bonds. The first kappa shape index (κ1) is 18.0. The molecule has 0 atom stereocenters. The highest BCUT2D eigenvalue weighted by Gasteiger charge is 2.14. The van der Waals surface area contributed by atoms with Gasteiger partial charge in [0.1, 0.15) is 11.6 Å². The standard InChI is InChI=1S/C24H21N5O/c1-28-16-19(14-26-28)22-10-18-13-25-24(27-20-8-5-9-21(30)11-20)12-23(18)29(22)15-17-6-3-2-4-7-17/h2-14,16,30H,15H2,1H3,(H,25,27). The third kappa shape index (κ3) is 3.51. The average molecular weight is 395 g/mol. The highest BCUT2D eigenvalue weighted by molar-refractivity contribution is 5.88. The Morgan fingerprint density at radius 1 is 0.967 bits per heavy atom. The van der Waals surface area contributed by atoms with Gasteiger partial charge in [-0.2, -0.15) is 5.10 Å². The van der Waals surface area contributed by atoms with Crippen molar-refractivity contribution in [3.8, 4) is 17.0 Å². The summed E-state index contributed by atoms with van der Waals surface area (Å²) in [5.41, 5.74) is 5.25. The van der Waals surface area contributed by atoms with Crippen molar-refractivity contribution in [3.05, 3.63) is 90.9 Å². The van der Waals surface area contributed by atoms with Crippen molar-refractivity contribution in [2.45, 2.75) is 6.54 Å². The number of benzene rings is 2. The van der Waals surface area contributed by atoms with Crippen LogP contribution in [0.25, 0.3) is 22.2 Å². The number of pyridine rings is 1. The van der Waals surface area contributed by atoms with Gasteiger partial charge in [0, 0.05) is 54.8 Å². The van der Waals surface area contributed by atoms with Crippen molar-refractivity contribution in [1.82, 2.24) is 19.3 Å². The van der Waals surface area contributed by atoms with Gasteiger partial charge in [-0.15, -0.1) is 0 Å². The molecule has 0 saturated heterocycles. The average Bonchev–Trinajstić information content (AvgIpc) is 3.32. The van der Waals surface area contributed by atoms with Gasteiger partial charge in [0.15, 0.2) is 0 Å². The quantitative estimate of drug-likeness (QED) is 0.443. The molecule has 0 fully saturated rings. The molecule has 2 N–H and O–H groups in total. The number of phenolic OH excluding ortho intramolecular Hbond substituents is 1. The molecule has 0 bridgehead atoms. The Balaban J connectivity index is 1.61. The number of aryl methyl sites for hydroxylation is 1. The van der Waals surface area contributed by atoms with Gasteiger partial charge in [-0.05, 0) is 23.8 Å². The number of rotatable bonds is 5. The van der Waals surface area contributed by atoms with Crippen LogP contribution < -0.4 is 5.32 Å². The SMILES string of the molecule is Cn1cc(-c2cc3cnc(Nc4cccc(O)c4)cc3n2Cc2ccccc2)cn1. The lowest BCUT2D eigenvalue weighted by Gasteiger charge is -2.11. The van der Waals surface area contributed by atoms with Crippen LogP contribution in [0.1, 0.15) is 5.56 Å². The lowest BCUT2D eigenvalue weighted by atomic mass is 10.2. The molecule has 2 aromatic carbocycles. The summed E-state index contributed by atoms with van der Waals surface area (Å²) < 4.78 is 4.10. The second-order valence-electron chi connectivity index (χ2n) is 7.31. The Labute approximate surface area is 174 Å². The second kappa shape index (κ2) is 7.40. The summed E-state index contributed by atoms with van der Waals surface area (Å²) >= 11 is 0. The molecule has 148 valence electrons. The van der Waals surface area contributed by atoms with Crippen LogP contribution in [-0.4, -0.2) is 24.4 Å². The van der Waals surface area contributed by atoms with Crippen LogP contribution in [0.2, 0.25) is 0 Å². The molecule has 5 rings (SSSR count). The van der Waals surface area contributed by atoms with E-state index in [1.807, 2.05) is 48.5 Å². The van der Waals surface area contributed by atoms with E-state index in [2.05, 4.69) is 50.3 Å². The predicted octanol–water partition coefficient (Wildman–Crippen LogP) is 4.93. The van der Waals surface area contributed by atoms with E-state index in [0.29, 0.717) is 0 Å².